The van der Waals surface area contributed by atoms with Crippen molar-refractivity contribution in [2.24, 2.45) is 0 Å². The van der Waals surface area contributed by atoms with Crippen LogP contribution in [-0.4, -0.2) is 47.5 Å². The first-order valence-corrected chi connectivity index (χ1v) is 10.8. The van der Waals surface area contributed by atoms with Gasteiger partial charge in [-0.1, -0.05) is 6.07 Å². The van der Waals surface area contributed by atoms with Crippen molar-refractivity contribution in [3.8, 4) is 5.75 Å². The van der Waals surface area contributed by atoms with E-state index in [4.69, 9.17) is 0 Å². The number of benzene rings is 2. The standard InChI is InChI=1S/C24H25F5N2O2/c1-13-14(2)21(33-23(25)26)9-8-20(13)15(3)30-11-19-10-18(30)12-31(19)22(32)16-4-6-17(7-5-16)24(27,28)29/h4-9,15,18-19,23H,10-12H2,1-3H3/t15-,18+,19+/m0/s1. The van der Waals surface area contributed by atoms with Crippen LogP contribution in [0.25, 0.3) is 0 Å². The molecule has 0 aliphatic carbocycles. The van der Waals surface area contributed by atoms with Gasteiger partial charge < -0.3 is 9.64 Å². The number of amides is 1. The maximum Gasteiger partial charge on any atom is 0.416 e. The highest BCUT2D eigenvalue weighted by molar-refractivity contribution is 5.94. The van der Waals surface area contributed by atoms with Crippen LogP contribution in [0, 0.1) is 13.8 Å². The summed E-state index contributed by atoms with van der Waals surface area (Å²) in [5, 5.41) is 0. The van der Waals surface area contributed by atoms with Crippen molar-refractivity contribution >= 4 is 5.91 Å². The Balaban J connectivity index is 1.45. The van der Waals surface area contributed by atoms with E-state index in [-0.39, 0.29) is 35.3 Å². The zero-order valence-corrected chi connectivity index (χ0v) is 18.5. The lowest BCUT2D eigenvalue weighted by Crippen LogP contribution is -2.49. The molecule has 2 aliphatic heterocycles. The third-order valence-corrected chi connectivity index (χ3v) is 6.95. The number of carbonyl (C=O) groups is 1. The van der Waals surface area contributed by atoms with E-state index in [0.717, 1.165) is 29.7 Å². The van der Waals surface area contributed by atoms with Crippen molar-refractivity contribution in [2.75, 3.05) is 13.1 Å². The molecule has 2 fully saturated rings. The second kappa shape index (κ2) is 8.59. The third kappa shape index (κ3) is 4.43. The largest absolute Gasteiger partial charge is 0.435 e. The molecule has 0 aromatic heterocycles. The number of hydrogen-bond donors (Lipinski definition) is 0. The lowest BCUT2D eigenvalue weighted by atomic mass is 9.96. The number of rotatable bonds is 5. The summed E-state index contributed by atoms with van der Waals surface area (Å²) in [5.74, 6) is -0.0984. The number of ether oxygens (including phenoxy) is 1. The predicted octanol–water partition coefficient (Wildman–Crippen LogP) is 5.58. The van der Waals surface area contributed by atoms with Gasteiger partial charge >= 0.3 is 12.8 Å². The van der Waals surface area contributed by atoms with Crippen LogP contribution in [0.1, 0.15) is 52.0 Å². The fourth-order valence-corrected chi connectivity index (χ4v) is 5.06. The van der Waals surface area contributed by atoms with E-state index < -0.39 is 18.4 Å². The van der Waals surface area contributed by atoms with Crippen LogP contribution in [0.15, 0.2) is 36.4 Å². The molecule has 2 bridgehead atoms. The molecule has 0 radical (unpaired) electrons. The molecule has 178 valence electrons. The molecule has 4 rings (SSSR count). The summed E-state index contributed by atoms with van der Waals surface area (Å²) in [6.45, 7) is 3.95. The molecule has 0 unspecified atom stereocenters. The molecule has 0 N–H and O–H groups in total. The second-order valence-corrected chi connectivity index (χ2v) is 8.73. The Hall–Kier alpha value is -2.68. The quantitative estimate of drug-likeness (QED) is 0.537. The Morgan fingerprint density at radius 1 is 1.00 bits per heavy atom. The molecule has 2 aromatic rings. The highest BCUT2D eigenvalue weighted by Crippen LogP contribution is 2.40. The van der Waals surface area contributed by atoms with Gasteiger partial charge in [-0.2, -0.15) is 22.0 Å². The zero-order chi connectivity index (χ0) is 24.1. The summed E-state index contributed by atoms with van der Waals surface area (Å²) < 4.78 is 68.2. The number of fused-ring (bicyclic) bond motifs is 2. The minimum absolute atomic E-state index is 0.0163. The molecule has 2 aromatic carbocycles. The number of piperazine rings is 1. The Morgan fingerprint density at radius 2 is 1.67 bits per heavy atom. The molecule has 2 aliphatic rings. The first-order valence-electron chi connectivity index (χ1n) is 10.8. The van der Waals surface area contributed by atoms with E-state index in [2.05, 4.69) is 16.6 Å². The maximum atomic E-state index is 12.9. The van der Waals surface area contributed by atoms with Gasteiger partial charge in [-0.05, 0) is 74.2 Å². The Labute approximate surface area is 188 Å². The fourth-order valence-electron chi connectivity index (χ4n) is 5.06. The molecule has 2 saturated heterocycles. The number of likely N-dealkylation sites (tertiary alicyclic amines) is 2. The summed E-state index contributed by atoms with van der Waals surface area (Å²) in [4.78, 5) is 17.0. The zero-order valence-electron chi connectivity index (χ0n) is 18.5. The maximum absolute atomic E-state index is 12.9. The molecular formula is C24H25F5N2O2. The van der Waals surface area contributed by atoms with Crippen LogP contribution in [0.4, 0.5) is 22.0 Å². The minimum atomic E-state index is -4.44. The predicted molar refractivity (Wildman–Crippen MR) is 112 cm³/mol. The molecule has 33 heavy (non-hydrogen) atoms. The SMILES string of the molecule is Cc1c(OC(F)F)ccc([C@H](C)N2C[C@H]3C[C@@H]2CN3C(=O)c2ccc(C(F)(F)F)cc2)c1C. The molecule has 0 saturated carbocycles. The minimum Gasteiger partial charge on any atom is -0.435 e. The molecule has 3 atom stereocenters. The first kappa shape index (κ1) is 23.5. The van der Waals surface area contributed by atoms with Gasteiger partial charge in [0, 0.05) is 36.8 Å². The Kier molecular flexibility index (Phi) is 6.11. The van der Waals surface area contributed by atoms with Crippen molar-refractivity contribution in [3.63, 3.8) is 0 Å². The topological polar surface area (TPSA) is 32.8 Å². The van der Waals surface area contributed by atoms with Gasteiger partial charge in [0.15, 0.2) is 0 Å². The highest BCUT2D eigenvalue weighted by atomic mass is 19.4. The Morgan fingerprint density at radius 3 is 2.21 bits per heavy atom. The van der Waals surface area contributed by atoms with Gasteiger partial charge in [0.25, 0.3) is 5.91 Å². The van der Waals surface area contributed by atoms with Gasteiger partial charge in [-0.15, -0.1) is 0 Å². The molecule has 1 amide bonds. The van der Waals surface area contributed by atoms with E-state index in [1.165, 1.54) is 12.1 Å². The summed E-state index contributed by atoms with van der Waals surface area (Å²) in [6, 6.07) is 7.82. The monoisotopic (exact) mass is 468 g/mol. The normalized spacial score (nSPS) is 21.7. The van der Waals surface area contributed by atoms with Crippen LogP contribution < -0.4 is 4.74 Å². The number of carbonyl (C=O) groups excluding carboxylic acids is 1. The van der Waals surface area contributed by atoms with Gasteiger partial charge in [0.05, 0.1) is 5.56 Å². The molecular weight excluding hydrogens is 443 g/mol. The number of nitrogens with zero attached hydrogens (tertiary/aromatic N) is 2. The van der Waals surface area contributed by atoms with E-state index >= 15 is 0 Å². The summed E-state index contributed by atoms with van der Waals surface area (Å²) in [7, 11) is 0. The summed E-state index contributed by atoms with van der Waals surface area (Å²) in [5.41, 5.74) is 2.04. The van der Waals surface area contributed by atoms with Crippen LogP contribution in [0.2, 0.25) is 0 Å². The van der Waals surface area contributed by atoms with Crippen molar-refractivity contribution in [2.45, 2.75) is 58.1 Å². The van der Waals surface area contributed by atoms with Gasteiger partial charge in [0.1, 0.15) is 5.75 Å². The van der Waals surface area contributed by atoms with Gasteiger partial charge in [-0.25, -0.2) is 0 Å². The number of halogens is 5. The van der Waals surface area contributed by atoms with Crippen molar-refractivity contribution in [1.82, 2.24) is 9.80 Å². The molecule has 0 spiro atoms. The lowest BCUT2D eigenvalue weighted by molar-refractivity contribution is -0.137. The van der Waals surface area contributed by atoms with E-state index in [1.54, 1.807) is 17.9 Å². The van der Waals surface area contributed by atoms with E-state index in [0.29, 0.717) is 18.7 Å². The average Bonchev–Trinajstić information content (AvgIpc) is 3.36. The second-order valence-electron chi connectivity index (χ2n) is 8.73. The van der Waals surface area contributed by atoms with E-state index in [1.807, 2.05) is 13.0 Å². The van der Waals surface area contributed by atoms with Crippen LogP contribution in [0.3, 0.4) is 0 Å². The van der Waals surface area contributed by atoms with Crippen molar-refractivity contribution < 1.29 is 31.5 Å². The first-order chi connectivity index (χ1) is 15.5. The summed E-state index contributed by atoms with van der Waals surface area (Å²) in [6.07, 6.45) is -3.65. The smallest absolute Gasteiger partial charge is 0.416 e. The highest BCUT2D eigenvalue weighted by Gasteiger charge is 2.47. The number of hydrogen-bond acceptors (Lipinski definition) is 3. The third-order valence-electron chi connectivity index (χ3n) is 6.95. The van der Waals surface area contributed by atoms with Gasteiger partial charge in [0.2, 0.25) is 0 Å². The summed E-state index contributed by atoms with van der Waals surface area (Å²) >= 11 is 0. The average molecular weight is 468 g/mol. The molecule has 9 heteroatoms. The van der Waals surface area contributed by atoms with Crippen LogP contribution >= 0.6 is 0 Å². The van der Waals surface area contributed by atoms with Crippen molar-refractivity contribution in [3.05, 3.63) is 64.2 Å². The fraction of sp³-hybridized carbons (Fsp3) is 0.458. The number of alkyl halides is 5. The molecule has 2 heterocycles. The molecule has 4 nitrogen and oxygen atoms in total. The van der Waals surface area contributed by atoms with Crippen LogP contribution in [0.5, 0.6) is 5.75 Å². The van der Waals surface area contributed by atoms with E-state index in [9.17, 15) is 26.7 Å². The van der Waals surface area contributed by atoms with Crippen LogP contribution in [-0.2, 0) is 6.18 Å². The Bertz CT molecular complexity index is 1040. The van der Waals surface area contributed by atoms with Gasteiger partial charge in [-0.3, -0.25) is 9.69 Å². The lowest BCUT2D eigenvalue weighted by Gasteiger charge is -2.38. The van der Waals surface area contributed by atoms with Crippen molar-refractivity contribution in [1.29, 1.82) is 0 Å².